The van der Waals surface area contributed by atoms with Crippen LogP contribution < -0.4 is 5.32 Å². The number of alkyl halides is 1. The summed E-state index contributed by atoms with van der Waals surface area (Å²) >= 11 is 5.35. The molecule has 4 heteroatoms. The summed E-state index contributed by atoms with van der Waals surface area (Å²) in [6, 6.07) is 0. The van der Waals surface area contributed by atoms with Gasteiger partial charge >= 0.3 is 0 Å². The number of carbonyl (C=O) groups excluding carboxylic acids is 1. The van der Waals surface area contributed by atoms with Crippen molar-refractivity contribution in [3.05, 3.63) is 0 Å². The third-order valence-electron chi connectivity index (χ3n) is 1.48. The van der Waals surface area contributed by atoms with E-state index in [4.69, 9.17) is 11.6 Å². The van der Waals surface area contributed by atoms with Crippen LogP contribution in [0.15, 0.2) is 0 Å². The molecule has 0 saturated heterocycles. The molecular weight excluding hydrogens is 178 g/mol. The van der Waals surface area contributed by atoms with E-state index in [2.05, 4.69) is 5.32 Å². The highest BCUT2D eigenvalue weighted by Gasteiger charge is 2.04. The van der Waals surface area contributed by atoms with Crippen molar-refractivity contribution >= 4 is 17.5 Å². The van der Waals surface area contributed by atoms with Crippen LogP contribution in [0, 0.1) is 0 Å². The van der Waals surface area contributed by atoms with E-state index in [1.807, 2.05) is 6.92 Å². The molecule has 1 unspecified atom stereocenters. The molecule has 0 fully saturated rings. The quantitative estimate of drug-likeness (QED) is 0.616. The standard InChI is InChI=1S/C8H16ClNO2/c1-2-3-7(11)6-10-8(12)4-5-9/h7,11H,2-6H2,1H3,(H,10,12). The van der Waals surface area contributed by atoms with Crippen molar-refractivity contribution in [3.63, 3.8) is 0 Å². The molecule has 0 radical (unpaired) electrons. The molecule has 0 bridgehead atoms. The number of aliphatic hydroxyl groups excluding tert-OH is 1. The first-order chi connectivity index (χ1) is 5.70. The Morgan fingerprint density at radius 3 is 2.83 bits per heavy atom. The molecule has 1 amide bonds. The lowest BCUT2D eigenvalue weighted by atomic mass is 10.2. The van der Waals surface area contributed by atoms with E-state index in [9.17, 15) is 9.90 Å². The van der Waals surface area contributed by atoms with Gasteiger partial charge in [0.15, 0.2) is 0 Å². The van der Waals surface area contributed by atoms with Crippen molar-refractivity contribution in [2.45, 2.75) is 32.3 Å². The first-order valence-electron chi connectivity index (χ1n) is 4.21. The molecule has 0 spiro atoms. The predicted molar refractivity (Wildman–Crippen MR) is 49.3 cm³/mol. The summed E-state index contributed by atoms with van der Waals surface area (Å²) in [5.74, 6) is 0.232. The van der Waals surface area contributed by atoms with E-state index < -0.39 is 6.10 Å². The van der Waals surface area contributed by atoms with Crippen molar-refractivity contribution in [1.82, 2.24) is 5.32 Å². The van der Waals surface area contributed by atoms with Gasteiger partial charge in [-0.15, -0.1) is 11.6 Å². The number of amides is 1. The number of hydrogen-bond acceptors (Lipinski definition) is 2. The zero-order valence-electron chi connectivity index (χ0n) is 7.35. The highest BCUT2D eigenvalue weighted by molar-refractivity contribution is 6.18. The second-order valence-electron chi connectivity index (χ2n) is 2.69. The van der Waals surface area contributed by atoms with Crippen LogP contribution in [0.5, 0.6) is 0 Å². The summed E-state index contributed by atoms with van der Waals surface area (Å²) in [5.41, 5.74) is 0. The summed E-state index contributed by atoms with van der Waals surface area (Å²) in [4.78, 5) is 10.8. The van der Waals surface area contributed by atoms with Crippen LogP contribution in [0.25, 0.3) is 0 Å². The number of halogens is 1. The van der Waals surface area contributed by atoms with Crippen LogP contribution >= 0.6 is 11.6 Å². The summed E-state index contributed by atoms with van der Waals surface area (Å²) in [5, 5.41) is 11.8. The van der Waals surface area contributed by atoms with E-state index in [0.29, 0.717) is 18.8 Å². The minimum Gasteiger partial charge on any atom is -0.391 e. The molecule has 0 aromatic heterocycles. The largest absolute Gasteiger partial charge is 0.391 e. The molecule has 3 nitrogen and oxygen atoms in total. The van der Waals surface area contributed by atoms with Crippen molar-refractivity contribution in [3.8, 4) is 0 Å². The molecule has 12 heavy (non-hydrogen) atoms. The SMILES string of the molecule is CCCC(O)CNC(=O)CCCl. The first kappa shape index (κ1) is 11.7. The average Bonchev–Trinajstić information content (AvgIpc) is 2.02. The van der Waals surface area contributed by atoms with Crippen LogP contribution in [0.4, 0.5) is 0 Å². The first-order valence-corrected chi connectivity index (χ1v) is 4.74. The lowest BCUT2D eigenvalue weighted by Gasteiger charge is -2.09. The number of aliphatic hydroxyl groups is 1. The fourth-order valence-electron chi connectivity index (χ4n) is 0.841. The number of rotatable bonds is 6. The molecule has 2 N–H and O–H groups in total. The van der Waals surface area contributed by atoms with Gasteiger partial charge in [0.05, 0.1) is 6.10 Å². The van der Waals surface area contributed by atoms with Crippen LogP contribution in [0.1, 0.15) is 26.2 Å². The zero-order valence-corrected chi connectivity index (χ0v) is 8.10. The van der Waals surface area contributed by atoms with Crippen molar-refractivity contribution in [2.24, 2.45) is 0 Å². The third kappa shape index (κ3) is 6.43. The highest BCUT2D eigenvalue weighted by Crippen LogP contribution is 1.94. The van der Waals surface area contributed by atoms with Gasteiger partial charge < -0.3 is 10.4 Å². The van der Waals surface area contributed by atoms with E-state index in [1.54, 1.807) is 0 Å². The maximum absolute atomic E-state index is 10.8. The fraction of sp³-hybridized carbons (Fsp3) is 0.875. The molecule has 0 aliphatic heterocycles. The van der Waals surface area contributed by atoms with Crippen LogP contribution in [0.2, 0.25) is 0 Å². The summed E-state index contributed by atoms with van der Waals surface area (Å²) in [7, 11) is 0. The second kappa shape index (κ2) is 7.37. The Balaban J connectivity index is 3.33. The van der Waals surface area contributed by atoms with E-state index in [0.717, 1.165) is 12.8 Å². The molecule has 0 aromatic carbocycles. The van der Waals surface area contributed by atoms with Crippen molar-refractivity contribution in [2.75, 3.05) is 12.4 Å². The van der Waals surface area contributed by atoms with Crippen LogP contribution in [-0.2, 0) is 4.79 Å². The van der Waals surface area contributed by atoms with Gasteiger partial charge in [0.25, 0.3) is 0 Å². The molecule has 0 aliphatic rings. The summed E-state index contributed by atoms with van der Waals surface area (Å²) in [6.07, 6.45) is 1.54. The lowest BCUT2D eigenvalue weighted by molar-refractivity contribution is -0.121. The molecule has 0 saturated carbocycles. The fourth-order valence-corrected chi connectivity index (χ4v) is 1.01. The number of carbonyl (C=O) groups is 1. The van der Waals surface area contributed by atoms with Gasteiger partial charge in [0, 0.05) is 18.8 Å². The Labute approximate surface area is 78.1 Å². The van der Waals surface area contributed by atoms with E-state index in [-0.39, 0.29) is 5.91 Å². The Kier molecular flexibility index (Phi) is 7.20. The molecule has 1 atom stereocenters. The third-order valence-corrected chi connectivity index (χ3v) is 1.67. The van der Waals surface area contributed by atoms with Crippen LogP contribution in [-0.4, -0.2) is 29.5 Å². The summed E-state index contributed by atoms with van der Waals surface area (Å²) < 4.78 is 0. The van der Waals surface area contributed by atoms with Gasteiger partial charge in [-0.05, 0) is 6.42 Å². The minimum absolute atomic E-state index is 0.0971. The Bertz CT molecular complexity index is 130. The Morgan fingerprint density at radius 1 is 1.67 bits per heavy atom. The monoisotopic (exact) mass is 193 g/mol. The molecule has 0 aromatic rings. The second-order valence-corrected chi connectivity index (χ2v) is 3.06. The number of nitrogens with one attached hydrogen (secondary N) is 1. The number of hydrogen-bond donors (Lipinski definition) is 2. The predicted octanol–water partition coefficient (Wildman–Crippen LogP) is 0.892. The van der Waals surface area contributed by atoms with E-state index >= 15 is 0 Å². The van der Waals surface area contributed by atoms with Gasteiger partial charge in [0.1, 0.15) is 0 Å². The molecule has 0 heterocycles. The van der Waals surface area contributed by atoms with Crippen LogP contribution in [0.3, 0.4) is 0 Å². The maximum atomic E-state index is 10.8. The van der Waals surface area contributed by atoms with Gasteiger partial charge in [0.2, 0.25) is 5.91 Å². The van der Waals surface area contributed by atoms with Gasteiger partial charge in [-0.25, -0.2) is 0 Å². The normalized spacial score (nSPS) is 12.6. The lowest BCUT2D eigenvalue weighted by Crippen LogP contribution is -2.31. The highest BCUT2D eigenvalue weighted by atomic mass is 35.5. The molecule has 0 aliphatic carbocycles. The minimum atomic E-state index is -0.422. The zero-order chi connectivity index (χ0) is 9.40. The average molecular weight is 194 g/mol. The topological polar surface area (TPSA) is 49.3 Å². The van der Waals surface area contributed by atoms with Gasteiger partial charge in [-0.2, -0.15) is 0 Å². The molecule has 72 valence electrons. The molecular formula is C8H16ClNO2. The maximum Gasteiger partial charge on any atom is 0.221 e. The van der Waals surface area contributed by atoms with Crippen molar-refractivity contribution in [1.29, 1.82) is 0 Å². The van der Waals surface area contributed by atoms with E-state index in [1.165, 1.54) is 0 Å². The Morgan fingerprint density at radius 2 is 2.33 bits per heavy atom. The van der Waals surface area contributed by atoms with Gasteiger partial charge in [-0.3, -0.25) is 4.79 Å². The Hall–Kier alpha value is -0.280. The van der Waals surface area contributed by atoms with Crippen molar-refractivity contribution < 1.29 is 9.90 Å². The van der Waals surface area contributed by atoms with Gasteiger partial charge in [-0.1, -0.05) is 13.3 Å². The smallest absolute Gasteiger partial charge is 0.221 e. The molecule has 0 rings (SSSR count). The summed E-state index contributed by atoms with van der Waals surface area (Å²) in [6.45, 7) is 2.33.